The molecule has 19 heavy (non-hydrogen) atoms. The number of carbonyl (C=O) groups is 1. The van der Waals surface area contributed by atoms with Crippen molar-refractivity contribution in [3.8, 4) is 0 Å². The minimum absolute atomic E-state index is 0.0999. The van der Waals surface area contributed by atoms with E-state index in [1.807, 2.05) is 35.2 Å². The van der Waals surface area contributed by atoms with Gasteiger partial charge in [0.1, 0.15) is 0 Å². The van der Waals surface area contributed by atoms with Crippen LogP contribution < -0.4 is 5.73 Å². The van der Waals surface area contributed by atoms with Gasteiger partial charge < -0.3 is 10.6 Å². The summed E-state index contributed by atoms with van der Waals surface area (Å²) in [6, 6.07) is 9.90. The quantitative estimate of drug-likeness (QED) is 0.905. The van der Waals surface area contributed by atoms with Crippen LogP contribution in [0.3, 0.4) is 0 Å². The van der Waals surface area contributed by atoms with Crippen LogP contribution in [0.5, 0.6) is 0 Å². The standard InChI is InChI=1S/C16H24N2O/c1-12-8-9-13(2)18(11-12)16(19)15(17)10-14-6-4-3-5-7-14/h3-7,12-13,15H,8-11,17H2,1-2H3/t12?,13?,15-/m0/s1. The summed E-state index contributed by atoms with van der Waals surface area (Å²) in [5.41, 5.74) is 7.22. The summed E-state index contributed by atoms with van der Waals surface area (Å²) in [6.07, 6.45) is 2.92. The average Bonchev–Trinajstić information content (AvgIpc) is 2.42. The van der Waals surface area contributed by atoms with Gasteiger partial charge in [-0.2, -0.15) is 0 Å². The van der Waals surface area contributed by atoms with E-state index in [0.29, 0.717) is 18.4 Å². The fourth-order valence-corrected chi connectivity index (χ4v) is 2.76. The second kappa shape index (κ2) is 6.20. The first-order valence-electron chi connectivity index (χ1n) is 7.18. The number of hydrogen-bond donors (Lipinski definition) is 1. The molecule has 0 spiro atoms. The molecule has 0 saturated carbocycles. The van der Waals surface area contributed by atoms with Crippen LogP contribution in [-0.4, -0.2) is 29.4 Å². The van der Waals surface area contributed by atoms with Gasteiger partial charge in [0, 0.05) is 12.6 Å². The van der Waals surface area contributed by atoms with E-state index in [9.17, 15) is 4.79 Å². The van der Waals surface area contributed by atoms with E-state index in [0.717, 1.165) is 18.5 Å². The summed E-state index contributed by atoms with van der Waals surface area (Å²) in [6.45, 7) is 5.18. The molecule has 0 radical (unpaired) electrons. The van der Waals surface area contributed by atoms with Crippen LogP contribution in [0.25, 0.3) is 0 Å². The number of piperidine rings is 1. The summed E-state index contributed by atoms with van der Waals surface area (Å²) in [5, 5.41) is 0. The van der Waals surface area contributed by atoms with Gasteiger partial charge in [-0.25, -0.2) is 0 Å². The van der Waals surface area contributed by atoms with Gasteiger partial charge >= 0.3 is 0 Å². The van der Waals surface area contributed by atoms with Crippen molar-refractivity contribution in [3.05, 3.63) is 35.9 Å². The lowest BCUT2D eigenvalue weighted by Gasteiger charge is -2.38. The topological polar surface area (TPSA) is 46.3 Å². The minimum Gasteiger partial charge on any atom is -0.338 e. The lowest BCUT2D eigenvalue weighted by atomic mass is 9.94. The van der Waals surface area contributed by atoms with Gasteiger partial charge in [0.2, 0.25) is 5.91 Å². The Morgan fingerprint density at radius 3 is 2.68 bits per heavy atom. The maximum absolute atomic E-state index is 12.5. The highest BCUT2D eigenvalue weighted by molar-refractivity contribution is 5.82. The lowest BCUT2D eigenvalue weighted by Crippen LogP contribution is -2.52. The highest BCUT2D eigenvalue weighted by Crippen LogP contribution is 2.22. The van der Waals surface area contributed by atoms with Crippen LogP contribution in [0.2, 0.25) is 0 Å². The van der Waals surface area contributed by atoms with E-state index < -0.39 is 6.04 Å². The van der Waals surface area contributed by atoms with Crippen LogP contribution in [-0.2, 0) is 11.2 Å². The van der Waals surface area contributed by atoms with Crippen molar-refractivity contribution in [2.75, 3.05) is 6.54 Å². The van der Waals surface area contributed by atoms with Crippen molar-refractivity contribution >= 4 is 5.91 Å². The second-order valence-corrected chi connectivity index (χ2v) is 5.82. The Morgan fingerprint density at radius 2 is 2.00 bits per heavy atom. The van der Waals surface area contributed by atoms with E-state index in [4.69, 9.17) is 5.73 Å². The monoisotopic (exact) mass is 260 g/mol. The highest BCUT2D eigenvalue weighted by Gasteiger charge is 2.29. The van der Waals surface area contributed by atoms with Gasteiger partial charge in [-0.3, -0.25) is 4.79 Å². The molecule has 2 rings (SSSR count). The third-order valence-corrected chi connectivity index (χ3v) is 4.02. The van der Waals surface area contributed by atoms with Crippen molar-refractivity contribution in [2.45, 2.75) is 45.2 Å². The van der Waals surface area contributed by atoms with E-state index in [-0.39, 0.29) is 5.91 Å². The van der Waals surface area contributed by atoms with Gasteiger partial charge in [0.15, 0.2) is 0 Å². The van der Waals surface area contributed by atoms with Crippen LogP contribution >= 0.6 is 0 Å². The highest BCUT2D eigenvalue weighted by atomic mass is 16.2. The van der Waals surface area contributed by atoms with Gasteiger partial charge in [-0.05, 0) is 37.7 Å². The molecule has 0 aliphatic carbocycles. The van der Waals surface area contributed by atoms with Crippen LogP contribution in [0.15, 0.2) is 30.3 Å². The van der Waals surface area contributed by atoms with Crippen LogP contribution in [0, 0.1) is 5.92 Å². The molecule has 1 aliphatic rings. The van der Waals surface area contributed by atoms with Crippen molar-refractivity contribution in [3.63, 3.8) is 0 Å². The van der Waals surface area contributed by atoms with E-state index >= 15 is 0 Å². The molecule has 104 valence electrons. The molecule has 0 bridgehead atoms. The van der Waals surface area contributed by atoms with E-state index in [2.05, 4.69) is 13.8 Å². The third-order valence-electron chi connectivity index (χ3n) is 4.02. The predicted molar refractivity (Wildman–Crippen MR) is 77.7 cm³/mol. The first-order chi connectivity index (χ1) is 9.08. The van der Waals surface area contributed by atoms with E-state index in [1.54, 1.807) is 0 Å². The molecule has 3 heteroatoms. The maximum atomic E-state index is 12.5. The number of hydrogen-bond acceptors (Lipinski definition) is 2. The summed E-state index contributed by atoms with van der Waals surface area (Å²) in [7, 11) is 0. The molecule has 3 nitrogen and oxygen atoms in total. The number of amides is 1. The fourth-order valence-electron chi connectivity index (χ4n) is 2.76. The molecule has 1 aliphatic heterocycles. The number of likely N-dealkylation sites (tertiary alicyclic amines) is 1. The molecule has 2 unspecified atom stereocenters. The summed E-state index contributed by atoms with van der Waals surface area (Å²) >= 11 is 0. The second-order valence-electron chi connectivity index (χ2n) is 5.82. The lowest BCUT2D eigenvalue weighted by molar-refractivity contribution is -0.136. The predicted octanol–water partition coefficient (Wildman–Crippen LogP) is 2.20. The summed E-state index contributed by atoms with van der Waals surface area (Å²) in [5.74, 6) is 0.687. The van der Waals surface area contributed by atoms with Crippen molar-refractivity contribution in [1.29, 1.82) is 0 Å². The molecule has 1 aromatic rings. The van der Waals surface area contributed by atoms with Crippen molar-refractivity contribution < 1.29 is 4.79 Å². The van der Waals surface area contributed by atoms with Gasteiger partial charge in [-0.1, -0.05) is 37.3 Å². The van der Waals surface area contributed by atoms with Crippen LogP contribution in [0.1, 0.15) is 32.3 Å². The van der Waals surface area contributed by atoms with Crippen molar-refractivity contribution in [2.24, 2.45) is 11.7 Å². The Labute approximate surface area is 115 Å². The largest absolute Gasteiger partial charge is 0.338 e. The summed E-state index contributed by atoms with van der Waals surface area (Å²) < 4.78 is 0. The summed E-state index contributed by atoms with van der Waals surface area (Å²) in [4.78, 5) is 14.4. The number of nitrogens with two attached hydrogens (primary N) is 1. The molecular formula is C16H24N2O. The number of benzene rings is 1. The Bertz CT molecular complexity index is 418. The Hall–Kier alpha value is -1.35. The third kappa shape index (κ3) is 3.57. The molecule has 1 saturated heterocycles. The zero-order valence-electron chi connectivity index (χ0n) is 11.9. The molecule has 1 amide bonds. The molecule has 1 heterocycles. The zero-order valence-corrected chi connectivity index (χ0v) is 11.9. The van der Waals surface area contributed by atoms with E-state index in [1.165, 1.54) is 6.42 Å². The Morgan fingerprint density at radius 1 is 1.32 bits per heavy atom. The smallest absolute Gasteiger partial charge is 0.240 e. The molecule has 1 fully saturated rings. The normalized spacial score (nSPS) is 25.1. The van der Waals surface area contributed by atoms with Crippen molar-refractivity contribution in [1.82, 2.24) is 4.90 Å². The molecule has 2 N–H and O–H groups in total. The maximum Gasteiger partial charge on any atom is 0.240 e. The Kier molecular flexibility index (Phi) is 4.59. The first kappa shape index (κ1) is 14.1. The zero-order chi connectivity index (χ0) is 13.8. The molecule has 1 aromatic carbocycles. The van der Waals surface area contributed by atoms with Gasteiger partial charge in [0.05, 0.1) is 6.04 Å². The SMILES string of the molecule is CC1CCC(C)N(C(=O)[C@@H](N)Cc2ccccc2)C1. The number of nitrogens with zero attached hydrogens (tertiary/aromatic N) is 1. The molecule has 0 aromatic heterocycles. The fraction of sp³-hybridized carbons (Fsp3) is 0.562. The number of carbonyl (C=O) groups excluding carboxylic acids is 1. The van der Waals surface area contributed by atoms with Gasteiger partial charge in [-0.15, -0.1) is 0 Å². The average molecular weight is 260 g/mol. The van der Waals surface area contributed by atoms with Crippen LogP contribution in [0.4, 0.5) is 0 Å². The molecular weight excluding hydrogens is 236 g/mol. The minimum atomic E-state index is -0.421. The first-order valence-corrected chi connectivity index (χ1v) is 7.18. The van der Waals surface area contributed by atoms with Gasteiger partial charge in [0.25, 0.3) is 0 Å². The molecule has 3 atom stereocenters. The number of rotatable bonds is 3. The Balaban J connectivity index is 1.98.